The normalized spacial score (nSPS) is 14.1. The number of rotatable bonds is 3. The molecule has 2 heterocycles. The van der Waals surface area contributed by atoms with Crippen LogP contribution in [0.25, 0.3) is 6.08 Å². The summed E-state index contributed by atoms with van der Waals surface area (Å²) in [6.07, 6.45) is 4.25. The van der Waals surface area contributed by atoms with Gasteiger partial charge in [-0.25, -0.2) is 0 Å². The predicted molar refractivity (Wildman–Crippen MR) is 87.4 cm³/mol. The van der Waals surface area contributed by atoms with E-state index in [0.717, 1.165) is 15.1 Å². The number of carbonyl (C=O) groups excluding carboxylic acids is 1. The first-order valence-corrected chi connectivity index (χ1v) is 8.21. The Morgan fingerprint density at radius 2 is 1.95 bits per heavy atom. The number of ketones is 1. The Bertz CT molecular complexity index is 691. The lowest BCUT2D eigenvalue weighted by molar-refractivity contribution is 0.104. The summed E-state index contributed by atoms with van der Waals surface area (Å²) in [7, 11) is 0. The zero-order valence-electron chi connectivity index (χ0n) is 11.2. The van der Waals surface area contributed by atoms with Crippen molar-refractivity contribution in [2.45, 2.75) is 6.42 Å². The molecular formula is C16H13BrO3S. The molecule has 0 unspecified atom stereocenters. The van der Waals surface area contributed by atoms with E-state index in [4.69, 9.17) is 9.47 Å². The highest BCUT2D eigenvalue weighted by atomic mass is 79.9. The van der Waals surface area contributed by atoms with Crippen molar-refractivity contribution in [3.05, 3.63) is 50.6 Å². The Morgan fingerprint density at radius 1 is 1.14 bits per heavy atom. The summed E-state index contributed by atoms with van der Waals surface area (Å²) in [6.45, 7) is 1.26. The Labute approximate surface area is 135 Å². The molecule has 0 amide bonds. The molecule has 0 aliphatic carbocycles. The van der Waals surface area contributed by atoms with E-state index in [1.807, 2.05) is 18.2 Å². The monoisotopic (exact) mass is 364 g/mol. The maximum atomic E-state index is 12.2. The van der Waals surface area contributed by atoms with Crippen molar-refractivity contribution in [3.8, 4) is 11.5 Å². The van der Waals surface area contributed by atoms with E-state index in [0.29, 0.717) is 30.3 Å². The lowest BCUT2D eigenvalue weighted by Gasteiger charge is -2.07. The fourth-order valence-electron chi connectivity index (χ4n) is 1.99. The minimum absolute atomic E-state index is 0.0461. The van der Waals surface area contributed by atoms with Gasteiger partial charge in [-0.3, -0.25) is 4.79 Å². The maximum Gasteiger partial charge on any atom is 0.186 e. The molecule has 1 aromatic heterocycles. The van der Waals surface area contributed by atoms with Crippen LogP contribution >= 0.6 is 27.3 Å². The van der Waals surface area contributed by atoms with E-state index in [1.54, 1.807) is 35.6 Å². The highest BCUT2D eigenvalue weighted by Gasteiger charge is 2.12. The van der Waals surface area contributed by atoms with Crippen LogP contribution in [0.1, 0.15) is 21.7 Å². The number of fused-ring (bicyclic) bond motifs is 1. The lowest BCUT2D eigenvalue weighted by Crippen LogP contribution is -1.98. The number of halogens is 1. The van der Waals surface area contributed by atoms with Crippen LogP contribution in [0.2, 0.25) is 0 Å². The van der Waals surface area contributed by atoms with Gasteiger partial charge in [0, 0.05) is 16.9 Å². The second kappa shape index (κ2) is 6.45. The standard InChI is InChI=1S/C16H13BrO3S/c17-16-7-4-12(21-16)3-5-13(18)11-2-6-14-15(10-11)20-9-1-8-19-14/h2-7,10H,1,8-9H2/b5-3+. The van der Waals surface area contributed by atoms with Gasteiger partial charge in [0.05, 0.1) is 17.0 Å². The van der Waals surface area contributed by atoms with Gasteiger partial charge in [-0.15, -0.1) is 11.3 Å². The minimum atomic E-state index is -0.0461. The second-order valence-corrected chi connectivity index (χ2v) is 7.05. The molecule has 0 N–H and O–H groups in total. The summed E-state index contributed by atoms with van der Waals surface area (Å²) in [5, 5.41) is 0. The van der Waals surface area contributed by atoms with Crippen molar-refractivity contribution >= 4 is 39.1 Å². The van der Waals surface area contributed by atoms with Crippen molar-refractivity contribution in [3.63, 3.8) is 0 Å². The van der Waals surface area contributed by atoms with E-state index in [9.17, 15) is 4.79 Å². The molecular weight excluding hydrogens is 352 g/mol. The molecule has 2 aromatic rings. The number of thiophene rings is 1. The van der Waals surface area contributed by atoms with Crippen LogP contribution in [0.4, 0.5) is 0 Å². The third kappa shape index (κ3) is 3.54. The predicted octanol–water partition coefficient (Wildman–Crippen LogP) is 4.57. The van der Waals surface area contributed by atoms with Gasteiger partial charge in [-0.1, -0.05) is 0 Å². The van der Waals surface area contributed by atoms with Crippen LogP contribution in [0, 0.1) is 0 Å². The van der Waals surface area contributed by atoms with Gasteiger partial charge in [0.15, 0.2) is 17.3 Å². The molecule has 1 aliphatic heterocycles. The van der Waals surface area contributed by atoms with Crippen LogP contribution in [0.5, 0.6) is 11.5 Å². The van der Waals surface area contributed by atoms with E-state index in [-0.39, 0.29) is 5.78 Å². The van der Waals surface area contributed by atoms with E-state index < -0.39 is 0 Å². The van der Waals surface area contributed by atoms with Crippen LogP contribution in [0.3, 0.4) is 0 Å². The fraction of sp³-hybridized carbons (Fsp3) is 0.188. The molecule has 0 fully saturated rings. The first kappa shape index (κ1) is 14.4. The topological polar surface area (TPSA) is 35.5 Å². The molecule has 108 valence electrons. The van der Waals surface area contributed by atoms with Crippen LogP contribution in [-0.4, -0.2) is 19.0 Å². The molecule has 0 radical (unpaired) electrons. The van der Waals surface area contributed by atoms with Crippen LogP contribution in [0.15, 0.2) is 40.2 Å². The van der Waals surface area contributed by atoms with Crippen LogP contribution < -0.4 is 9.47 Å². The smallest absolute Gasteiger partial charge is 0.186 e. The molecule has 5 heteroatoms. The van der Waals surface area contributed by atoms with Gasteiger partial charge in [0.1, 0.15) is 0 Å². The molecule has 0 saturated heterocycles. The maximum absolute atomic E-state index is 12.2. The van der Waals surface area contributed by atoms with Crippen LogP contribution in [-0.2, 0) is 0 Å². The Balaban J connectivity index is 1.78. The van der Waals surface area contributed by atoms with Crippen molar-refractivity contribution in [1.29, 1.82) is 0 Å². The SMILES string of the molecule is O=C(/C=C/c1ccc(Br)s1)c1ccc2c(c1)OCCCO2. The highest BCUT2D eigenvalue weighted by Crippen LogP contribution is 2.30. The molecule has 3 nitrogen and oxygen atoms in total. The molecule has 0 atom stereocenters. The van der Waals surface area contributed by atoms with E-state index in [1.165, 1.54) is 0 Å². The van der Waals surface area contributed by atoms with Gasteiger partial charge in [0.25, 0.3) is 0 Å². The molecule has 21 heavy (non-hydrogen) atoms. The third-order valence-electron chi connectivity index (χ3n) is 3.02. The number of carbonyl (C=O) groups is 1. The summed E-state index contributed by atoms with van der Waals surface area (Å²) in [6, 6.07) is 9.24. The summed E-state index contributed by atoms with van der Waals surface area (Å²) >= 11 is 4.99. The zero-order valence-corrected chi connectivity index (χ0v) is 13.6. The minimum Gasteiger partial charge on any atom is -0.490 e. The van der Waals surface area contributed by atoms with Gasteiger partial charge in [-0.2, -0.15) is 0 Å². The van der Waals surface area contributed by atoms with Gasteiger partial charge in [0.2, 0.25) is 0 Å². The number of allylic oxidation sites excluding steroid dienone is 1. The van der Waals surface area contributed by atoms with Crippen molar-refractivity contribution < 1.29 is 14.3 Å². The Hall–Kier alpha value is -1.59. The Kier molecular flexibility index (Phi) is 4.41. The van der Waals surface area contributed by atoms with E-state index in [2.05, 4.69) is 15.9 Å². The quantitative estimate of drug-likeness (QED) is 0.591. The third-order valence-corrected chi connectivity index (χ3v) is 4.61. The molecule has 0 saturated carbocycles. The number of benzene rings is 1. The largest absolute Gasteiger partial charge is 0.490 e. The first-order valence-electron chi connectivity index (χ1n) is 6.60. The fourth-order valence-corrected chi connectivity index (χ4v) is 3.31. The van der Waals surface area contributed by atoms with Crippen molar-refractivity contribution in [2.75, 3.05) is 13.2 Å². The van der Waals surface area contributed by atoms with E-state index >= 15 is 0 Å². The molecule has 0 bridgehead atoms. The molecule has 1 aliphatic rings. The number of ether oxygens (including phenoxy) is 2. The highest BCUT2D eigenvalue weighted by molar-refractivity contribution is 9.11. The average Bonchev–Trinajstić information content (AvgIpc) is 2.77. The Morgan fingerprint density at radius 3 is 2.71 bits per heavy atom. The second-order valence-electron chi connectivity index (χ2n) is 4.55. The summed E-state index contributed by atoms with van der Waals surface area (Å²) in [4.78, 5) is 13.2. The number of hydrogen-bond donors (Lipinski definition) is 0. The first-order chi connectivity index (χ1) is 10.2. The zero-order chi connectivity index (χ0) is 14.7. The molecule has 1 aromatic carbocycles. The lowest BCUT2D eigenvalue weighted by atomic mass is 10.1. The molecule has 3 rings (SSSR count). The molecule has 0 spiro atoms. The number of hydrogen-bond acceptors (Lipinski definition) is 4. The average molecular weight is 365 g/mol. The summed E-state index contributed by atoms with van der Waals surface area (Å²) < 4.78 is 12.2. The van der Waals surface area contributed by atoms with Gasteiger partial charge < -0.3 is 9.47 Å². The van der Waals surface area contributed by atoms with Gasteiger partial charge >= 0.3 is 0 Å². The summed E-state index contributed by atoms with van der Waals surface area (Å²) in [5.41, 5.74) is 0.603. The summed E-state index contributed by atoms with van der Waals surface area (Å²) in [5.74, 6) is 1.30. The van der Waals surface area contributed by atoms with Crippen molar-refractivity contribution in [1.82, 2.24) is 0 Å². The van der Waals surface area contributed by atoms with Crippen molar-refractivity contribution in [2.24, 2.45) is 0 Å². The van der Waals surface area contributed by atoms with Gasteiger partial charge in [-0.05, 0) is 58.4 Å².